The summed E-state index contributed by atoms with van der Waals surface area (Å²) in [6.07, 6.45) is -0.630. The standard InChI is InChI=1S/C28H30ClN5O8/c29-17-3-6-21-20(13-17)28(42-27(40)33-21)9-10-34(15-28)25(37)22(14-23(35)30-19-7-11-41-12-8-19)32-24(36)16-1-4-18(5-2-16)31-26(38)39/h1-6,13,19,22,31H,7-12,14-15H2,(H,30,35)(H,32,36)(H,33,40)(H,38,39)/t22-,28-/m0/s1. The molecule has 1 spiro atoms. The summed E-state index contributed by atoms with van der Waals surface area (Å²) < 4.78 is 11.1. The molecule has 2 atom stereocenters. The molecular weight excluding hydrogens is 570 g/mol. The van der Waals surface area contributed by atoms with Crippen LogP contribution in [0.1, 0.15) is 41.6 Å². The van der Waals surface area contributed by atoms with Crippen molar-refractivity contribution in [2.45, 2.75) is 43.4 Å². The minimum Gasteiger partial charge on any atom is -0.465 e. The van der Waals surface area contributed by atoms with Gasteiger partial charge in [0.05, 0.1) is 18.7 Å². The van der Waals surface area contributed by atoms with Crippen molar-refractivity contribution in [2.75, 3.05) is 36.9 Å². The van der Waals surface area contributed by atoms with Crippen LogP contribution in [0.5, 0.6) is 0 Å². The van der Waals surface area contributed by atoms with E-state index in [0.29, 0.717) is 48.7 Å². The Balaban J connectivity index is 1.34. The molecule has 3 aliphatic heterocycles. The monoisotopic (exact) mass is 599 g/mol. The van der Waals surface area contributed by atoms with Crippen molar-refractivity contribution in [2.24, 2.45) is 0 Å². The molecule has 2 fully saturated rings. The average molecular weight is 600 g/mol. The van der Waals surface area contributed by atoms with E-state index in [1.165, 1.54) is 29.2 Å². The van der Waals surface area contributed by atoms with Crippen LogP contribution in [0, 0.1) is 0 Å². The number of carboxylic acid groups (broad SMARTS) is 1. The number of fused-ring (bicyclic) bond motifs is 2. The highest BCUT2D eigenvalue weighted by Gasteiger charge is 2.49. The summed E-state index contributed by atoms with van der Waals surface area (Å²) >= 11 is 6.23. The van der Waals surface area contributed by atoms with E-state index >= 15 is 0 Å². The maximum absolute atomic E-state index is 13.9. The normalized spacial score (nSPS) is 20.6. The SMILES string of the molecule is O=C(O)Nc1ccc(C(=O)N[C@@H](CC(=O)NC2CCOCC2)C(=O)N2CC[C@@]3(C2)OC(=O)Nc2ccc(Cl)cc23)cc1. The lowest BCUT2D eigenvalue weighted by molar-refractivity contribution is -0.136. The van der Waals surface area contributed by atoms with Gasteiger partial charge in [-0.3, -0.25) is 25.0 Å². The van der Waals surface area contributed by atoms with Gasteiger partial charge in [-0.1, -0.05) is 11.6 Å². The first-order chi connectivity index (χ1) is 20.1. The highest BCUT2D eigenvalue weighted by molar-refractivity contribution is 6.30. The van der Waals surface area contributed by atoms with Crippen LogP contribution in [0.3, 0.4) is 0 Å². The van der Waals surface area contributed by atoms with E-state index in [4.69, 9.17) is 26.2 Å². The molecule has 14 heteroatoms. The summed E-state index contributed by atoms with van der Waals surface area (Å²) in [6, 6.07) is 9.32. The third kappa shape index (κ3) is 6.58. The largest absolute Gasteiger partial charge is 0.465 e. The van der Waals surface area contributed by atoms with Gasteiger partial charge in [-0.05, 0) is 55.3 Å². The lowest BCUT2D eigenvalue weighted by Crippen LogP contribution is -2.52. The molecule has 0 radical (unpaired) electrons. The number of carbonyl (C=O) groups excluding carboxylic acids is 4. The number of hydrogen-bond acceptors (Lipinski definition) is 7. The lowest BCUT2D eigenvalue weighted by atomic mass is 9.90. The maximum Gasteiger partial charge on any atom is 0.412 e. The first kappa shape index (κ1) is 29.1. The Labute approximate surface area is 245 Å². The Morgan fingerprint density at radius 1 is 1.12 bits per heavy atom. The first-order valence-corrected chi connectivity index (χ1v) is 13.9. The lowest BCUT2D eigenvalue weighted by Gasteiger charge is -2.35. The Hall–Kier alpha value is -4.36. The number of nitrogens with zero attached hydrogens (tertiary/aromatic N) is 1. The molecule has 2 aromatic rings. The molecule has 3 heterocycles. The van der Waals surface area contributed by atoms with Crippen molar-refractivity contribution in [3.63, 3.8) is 0 Å². The smallest absolute Gasteiger partial charge is 0.412 e. The van der Waals surface area contributed by atoms with Crippen molar-refractivity contribution >= 4 is 52.9 Å². The molecule has 42 heavy (non-hydrogen) atoms. The third-order valence-corrected chi connectivity index (χ3v) is 7.75. The Kier molecular flexibility index (Phi) is 8.50. The molecule has 0 saturated carbocycles. The summed E-state index contributed by atoms with van der Waals surface area (Å²) in [6.45, 7) is 1.26. The van der Waals surface area contributed by atoms with Crippen LogP contribution in [0.15, 0.2) is 42.5 Å². The first-order valence-electron chi connectivity index (χ1n) is 13.5. The fraction of sp³-hybridized carbons (Fsp3) is 0.393. The predicted molar refractivity (Wildman–Crippen MR) is 150 cm³/mol. The van der Waals surface area contributed by atoms with Crippen LogP contribution in [0.4, 0.5) is 21.0 Å². The fourth-order valence-electron chi connectivity index (χ4n) is 5.45. The predicted octanol–water partition coefficient (Wildman–Crippen LogP) is 2.90. The Bertz CT molecular complexity index is 1400. The van der Waals surface area contributed by atoms with E-state index in [0.717, 1.165) is 0 Å². The zero-order valence-corrected chi connectivity index (χ0v) is 23.2. The number of halogens is 1. The van der Waals surface area contributed by atoms with Gasteiger partial charge in [-0.2, -0.15) is 0 Å². The average Bonchev–Trinajstić information content (AvgIpc) is 3.37. The van der Waals surface area contributed by atoms with E-state index in [1.807, 2.05) is 0 Å². The number of likely N-dealkylation sites (tertiary alicyclic amines) is 1. The van der Waals surface area contributed by atoms with Crippen LogP contribution in [-0.4, -0.2) is 78.3 Å². The number of nitrogens with one attached hydrogen (secondary N) is 4. The van der Waals surface area contributed by atoms with Gasteiger partial charge in [0.15, 0.2) is 5.60 Å². The van der Waals surface area contributed by atoms with Crippen LogP contribution in [0.2, 0.25) is 5.02 Å². The number of amides is 5. The molecule has 5 N–H and O–H groups in total. The zero-order chi connectivity index (χ0) is 29.9. The summed E-state index contributed by atoms with van der Waals surface area (Å²) in [5.41, 5.74) is 0.470. The van der Waals surface area contributed by atoms with Gasteiger partial charge in [0.2, 0.25) is 11.8 Å². The second kappa shape index (κ2) is 12.2. The van der Waals surface area contributed by atoms with Crippen LogP contribution < -0.4 is 21.3 Å². The highest BCUT2D eigenvalue weighted by Crippen LogP contribution is 2.43. The number of rotatable bonds is 7. The van der Waals surface area contributed by atoms with E-state index in [-0.39, 0.29) is 36.8 Å². The van der Waals surface area contributed by atoms with Crippen LogP contribution in [0.25, 0.3) is 0 Å². The molecule has 5 rings (SSSR count). The minimum atomic E-state index is -1.25. The summed E-state index contributed by atoms with van der Waals surface area (Å²) in [7, 11) is 0. The number of anilines is 2. The van der Waals surface area contributed by atoms with Crippen molar-refractivity contribution in [3.05, 3.63) is 58.6 Å². The van der Waals surface area contributed by atoms with Crippen molar-refractivity contribution < 1.29 is 38.6 Å². The number of carbonyl (C=O) groups is 5. The number of benzene rings is 2. The molecule has 0 aromatic heterocycles. The molecule has 13 nitrogen and oxygen atoms in total. The molecule has 2 aromatic carbocycles. The fourth-order valence-corrected chi connectivity index (χ4v) is 5.62. The van der Waals surface area contributed by atoms with Gasteiger partial charge in [0.25, 0.3) is 5.91 Å². The second-order valence-corrected chi connectivity index (χ2v) is 10.8. The topological polar surface area (TPSA) is 175 Å². The maximum atomic E-state index is 13.9. The van der Waals surface area contributed by atoms with Crippen LogP contribution >= 0.6 is 11.6 Å². The van der Waals surface area contributed by atoms with Gasteiger partial charge in [-0.15, -0.1) is 0 Å². The molecule has 3 aliphatic rings. The summed E-state index contributed by atoms with van der Waals surface area (Å²) in [4.78, 5) is 64.8. The van der Waals surface area contributed by atoms with Crippen molar-refractivity contribution in [1.29, 1.82) is 0 Å². The quantitative estimate of drug-likeness (QED) is 0.323. The van der Waals surface area contributed by atoms with E-state index < -0.39 is 41.6 Å². The summed E-state index contributed by atoms with van der Waals surface area (Å²) in [5, 5.41) is 19.8. The van der Waals surface area contributed by atoms with E-state index in [9.17, 15) is 24.0 Å². The number of hydrogen-bond donors (Lipinski definition) is 5. The molecule has 2 saturated heterocycles. The summed E-state index contributed by atoms with van der Waals surface area (Å²) in [5.74, 6) is -1.53. The van der Waals surface area contributed by atoms with Gasteiger partial charge < -0.3 is 30.1 Å². The molecule has 5 amide bonds. The van der Waals surface area contributed by atoms with Crippen molar-refractivity contribution in [1.82, 2.24) is 15.5 Å². The number of ether oxygens (including phenoxy) is 2. The molecule has 0 unspecified atom stereocenters. The molecule has 0 bridgehead atoms. The highest BCUT2D eigenvalue weighted by atomic mass is 35.5. The third-order valence-electron chi connectivity index (χ3n) is 7.52. The molecular formula is C28H30ClN5O8. The van der Waals surface area contributed by atoms with Gasteiger partial charge in [0.1, 0.15) is 6.04 Å². The van der Waals surface area contributed by atoms with Gasteiger partial charge in [-0.25, -0.2) is 9.59 Å². The van der Waals surface area contributed by atoms with Gasteiger partial charge >= 0.3 is 12.2 Å². The minimum absolute atomic E-state index is 0.0100. The van der Waals surface area contributed by atoms with Crippen molar-refractivity contribution in [3.8, 4) is 0 Å². The van der Waals surface area contributed by atoms with Crippen LogP contribution in [-0.2, 0) is 24.7 Å². The zero-order valence-electron chi connectivity index (χ0n) is 22.5. The Morgan fingerprint density at radius 2 is 1.86 bits per heavy atom. The second-order valence-electron chi connectivity index (χ2n) is 10.4. The van der Waals surface area contributed by atoms with E-state index in [2.05, 4.69) is 21.3 Å². The van der Waals surface area contributed by atoms with Gasteiger partial charge in [0, 0.05) is 54.1 Å². The molecule has 0 aliphatic carbocycles. The molecule has 222 valence electrons. The Morgan fingerprint density at radius 3 is 2.57 bits per heavy atom. The van der Waals surface area contributed by atoms with E-state index in [1.54, 1.807) is 18.2 Å².